The average molecular weight is 325 g/mol. The van der Waals surface area contributed by atoms with Gasteiger partial charge in [0.1, 0.15) is 22.4 Å². The molecule has 4 rings (SSSR count). The molecular weight excluding hydrogens is 314 g/mol. The zero-order valence-corrected chi connectivity index (χ0v) is 12.9. The molecule has 114 valence electrons. The Morgan fingerprint density at radius 3 is 2.74 bits per heavy atom. The molecule has 0 bridgehead atoms. The Morgan fingerprint density at radius 1 is 1.22 bits per heavy atom. The smallest absolute Gasteiger partial charge is 0.269 e. The van der Waals surface area contributed by atoms with Gasteiger partial charge in [-0.15, -0.1) is 11.3 Å². The van der Waals surface area contributed by atoms with Crippen LogP contribution in [0.2, 0.25) is 0 Å². The molecule has 3 aromatic heterocycles. The van der Waals surface area contributed by atoms with Crippen molar-refractivity contribution >= 4 is 21.6 Å². The van der Waals surface area contributed by atoms with Gasteiger partial charge in [-0.05, 0) is 35.9 Å². The van der Waals surface area contributed by atoms with E-state index in [0.29, 0.717) is 21.7 Å². The van der Waals surface area contributed by atoms with Crippen molar-refractivity contribution in [1.29, 1.82) is 0 Å². The molecule has 3 heterocycles. The van der Waals surface area contributed by atoms with Crippen molar-refractivity contribution in [2.45, 2.75) is 0 Å². The maximum Gasteiger partial charge on any atom is 0.269 e. The number of benzene rings is 1. The molecule has 0 unspecified atom stereocenters. The topological polar surface area (TPSA) is 81.0 Å². The highest BCUT2D eigenvalue weighted by Gasteiger charge is 2.12. The fourth-order valence-corrected chi connectivity index (χ4v) is 3.29. The molecule has 0 aliphatic heterocycles. The molecule has 0 aliphatic rings. The standard InChI is InChI=1S/C16H11N3O3S/c1-21-10-4-2-9(3-5-10)13-8-12-14(23-13)16(20)18-15(17-12)11-6-7-22-19-11/h2-8H,1H3,(H,17,18,20). The third kappa shape index (κ3) is 2.40. The number of hydrogen-bond acceptors (Lipinski definition) is 6. The van der Waals surface area contributed by atoms with Gasteiger partial charge in [0.15, 0.2) is 5.82 Å². The maximum absolute atomic E-state index is 12.3. The molecule has 0 spiro atoms. The SMILES string of the molecule is COc1ccc(-c2cc3nc(-c4ccon4)[nH]c(=O)c3s2)cc1. The summed E-state index contributed by atoms with van der Waals surface area (Å²) in [6.45, 7) is 0. The second kappa shape index (κ2) is 5.36. The predicted octanol–water partition coefficient (Wildman–Crippen LogP) is 3.32. The first-order valence-corrected chi connectivity index (χ1v) is 7.65. The molecule has 0 fully saturated rings. The van der Waals surface area contributed by atoms with E-state index in [-0.39, 0.29) is 5.56 Å². The van der Waals surface area contributed by atoms with Crippen molar-refractivity contribution in [1.82, 2.24) is 15.1 Å². The summed E-state index contributed by atoms with van der Waals surface area (Å²) >= 11 is 1.41. The second-order valence-corrected chi connectivity index (χ2v) is 5.90. The van der Waals surface area contributed by atoms with Gasteiger partial charge >= 0.3 is 0 Å². The van der Waals surface area contributed by atoms with Crippen molar-refractivity contribution in [2.75, 3.05) is 7.11 Å². The Hall–Kier alpha value is -2.93. The van der Waals surface area contributed by atoms with Gasteiger partial charge in [-0.25, -0.2) is 4.98 Å². The van der Waals surface area contributed by atoms with Crippen LogP contribution in [0, 0.1) is 0 Å². The number of nitrogens with zero attached hydrogens (tertiary/aromatic N) is 2. The van der Waals surface area contributed by atoms with Crippen molar-refractivity contribution in [3.05, 3.63) is 53.0 Å². The van der Waals surface area contributed by atoms with Gasteiger partial charge in [-0.2, -0.15) is 0 Å². The van der Waals surface area contributed by atoms with E-state index in [1.807, 2.05) is 30.3 Å². The summed E-state index contributed by atoms with van der Waals surface area (Å²) in [6.07, 6.45) is 1.44. The summed E-state index contributed by atoms with van der Waals surface area (Å²) in [5.41, 5.74) is 1.97. The van der Waals surface area contributed by atoms with E-state index in [9.17, 15) is 4.79 Å². The molecule has 0 amide bonds. The highest BCUT2D eigenvalue weighted by atomic mass is 32.1. The molecule has 4 aromatic rings. The van der Waals surface area contributed by atoms with Crippen LogP contribution in [0.15, 0.2) is 52.0 Å². The van der Waals surface area contributed by atoms with Crippen molar-refractivity contribution in [3.8, 4) is 27.7 Å². The number of ether oxygens (including phenoxy) is 1. The highest BCUT2D eigenvalue weighted by Crippen LogP contribution is 2.32. The van der Waals surface area contributed by atoms with Crippen LogP contribution in [0.3, 0.4) is 0 Å². The largest absolute Gasteiger partial charge is 0.497 e. The van der Waals surface area contributed by atoms with Crippen molar-refractivity contribution in [3.63, 3.8) is 0 Å². The summed E-state index contributed by atoms with van der Waals surface area (Å²) in [5.74, 6) is 1.19. The molecule has 0 aliphatic carbocycles. The van der Waals surface area contributed by atoms with Crippen molar-refractivity contribution in [2.24, 2.45) is 0 Å². The Bertz CT molecular complexity index is 1020. The Labute approximate surface area is 134 Å². The molecule has 0 atom stereocenters. The normalized spacial score (nSPS) is 11.0. The summed E-state index contributed by atoms with van der Waals surface area (Å²) in [6, 6.07) is 11.2. The molecule has 0 radical (unpaired) electrons. The Morgan fingerprint density at radius 2 is 2.04 bits per heavy atom. The van der Waals surface area contributed by atoms with Crippen LogP contribution < -0.4 is 10.3 Å². The van der Waals surface area contributed by atoms with E-state index in [4.69, 9.17) is 9.26 Å². The molecule has 0 saturated carbocycles. The lowest BCUT2D eigenvalue weighted by atomic mass is 10.2. The number of H-pyrrole nitrogens is 1. The van der Waals surface area contributed by atoms with Gasteiger partial charge < -0.3 is 14.2 Å². The minimum atomic E-state index is -0.183. The number of aromatic nitrogens is 3. The molecule has 23 heavy (non-hydrogen) atoms. The molecular formula is C16H11N3O3S. The van der Waals surface area contributed by atoms with Gasteiger partial charge in [0.25, 0.3) is 5.56 Å². The van der Waals surface area contributed by atoms with Crippen LogP contribution in [0.25, 0.3) is 32.2 Å². The fraction of sp³-hybridized carbons (Fsp3) is 0.0625. The monoisotopic (exact) mass is 325 g/mol. The molecule has 7 heteroatoms. The van der Waals surface area contributed by atoms with E-state index in [1.165, 1.54) is 17.6 Å². The van der Waals surface area contributed by atoms with Crippen LogP contribution in [0.1, 0.15) is 0 Å². The maximum atomic E-state index is 12.3. The summed E-state index contributed by atoms with van der Waals surface area (Å²) in [5, 5.41) is 3.80. The van der Waals surface area contributed by atoms with E-state index >= 15 is 0 Å². The third-order valence-electron chi connectivity index (χ3n) is 3.44. The zero-order chi connectivity index (χ0) is 15.8. The van der Waals surface area contributed by atoms with Gasteiger partial charge in [-0.3, -0.25) is 4.79 Å². The molecule has 0 saturated heterocycles. The predicted molar refractivity (Wildman–Crippen MR) is 87.7 cm³/mol. The molecule has 1 aromatic carbocycles. The van der Waals surface area contributed by atoms with Crippen LogP contribution in [0.5, 0.6) is 5.75 Å². The summed E-state index contributed by atoms with van der Waals surface area (Å²) in [7, 11) is 1.63. The number of rotatable bonds is 3. The van der Waals surface area contributed by atoms with Gasteiger partial charge in [0.2, 0.25) is 0 Å². The van der Waals surface area contributed by atoms with Crippen LogP contribution >= 0.6 is 11.3 Å². The van der Waals surface area contributed by atoms with Crippen molar-refractivity contribution < 1.29 is 9.26 Å². The van der Waals surface area contributed by atoms with E-state index < -0.39 is 0 Å². The number of hydrogen-bond donors (Lipinski definition) is 1. The quantitative estimate of drug-likeness (QED) is 0.625. The zero-order valence-electron chi connectivity index (χ0n) is 12.1. The first kappa shape index (κ1) is 13.7. The van der Waals surface area contributed by atoms with Crippen LogP contribution in [0.4, 0.5) is 0 Å². The lowest BCUT2D eigenvalue weighted by Gasteiger charge is -2.00. The first-order valence-electron chi connectivity index (χ1n) is 6.83. The lowest BCUT2D eigenvalue weighted by Crippen LogP contribution is -2.07. The number of nitrogens with one attached hydrogen (secondary N) is 1. The Kier molecular flexibility index (Phi) is 3.20. The summed E-state index contributed by atoms with van der Waals surface area (Å²) in [4.78, 5) is 20.4. The number of aromatic amines is 1. The number of thiophene rings is 1. The first-order chi connectivity index (χ1) is 11.2. The fourth-order valence-electron chi connectivity index (χ4n) is 2.29. The van der Waals surface area contributed by atoms with Crippen LogP contribution in [-0.2, 0) is 0 Å². The minimum absolute atomic E-state index is 0.183. The summed E-state index contributed by atoms with van der Waals surface area (Å²) < 4.78 is 10.5. The van der Waals surface area contributed by atoms with Gasteiger partial charge in [0.05, 0.1) is 12.6 Å². The van der Waals surface area contributed by atoms with Crippen LogP contribution in [-0.4, -0.2) is 22.2 Å². The number of methoxy groups -OCH3 is 1. The third-order valence-corrected chi connectivity index (χ3v) is 4.61. The van der Waals surface area contributed by atoms with E-state index in [1.54, 1.807) is 13.2 Å². The lowest BCUT2D eigenvalue weighted by molar-refractivity contribution is 0.415. The van der Waals surface area contributed by atoms with E-state index in [0.717, 1.165) is 16.2 Å². The van der Waals surface area contributed by atoms with Gasteiger partial charge in [-0.1, -0.05) is 5.16 Å². The van der Waals surface area contributed by atoms with E-state index in [2.05, 4.69) is 15.1 Å². The molecule has 6 nitrogen and oxygen atoms in total. The highest BCUT2D eigenvalue weighted by molar-refractivity contribution is 7.22. The molecule has 1 N–H and O–H groups in total. The average Bonchev–Trinajstić information content (AvgIpc) is 3.24. The minimum Gasteiger partial charge on any atom is -0.497 e. The number of fused-ring (bicyclic) bond motifs is 1. The Balaban J connectivity index is 1.84. The second-order valence-electron chi connectivity index (χ2n) is 4.85. The van der Waals surface area contributed by atoms with Gasteiger partial charge in [0, 0.05) is 10.9 Å².